The molecule has 0 aliphatic heterocycles. The highest BCUT2D eigenvalue weighted by Gasteiger charge is 2.28. The molecule has 30 heavy (non-hydrogen) atoms. The second-order valence-corrected chi connectivity index (χ2v) is 9.18. The van der Waals surface area contributed by atoms with E-state index in [1.807, 2.05) is 0 Å². The SMILES string of the molecule is CCCCC#CP(C#CCCCC)N([C@@H](C)c1ccccc1)[C@@H](C)c1ccccc1. The molecular formula is C28H36NP. The minimum absolute atomic E-state index is 0.244. The quantitative estimate of drug-likeness (QED) is 0.224. The van der Waals surface area contributed by atoms with Gasteiger partial charge in [-0.15, -0.1) is 0 Å². The molecule has 0 saturated heterocycles. The molecule has 0 aliphatic carbocycles. The lowest BCUT2D eigenvalue weighted by atomic mass is 10.0. The van der Waals surface area contributed by atoms with Gasteiger partial charge in [0.1, 0.15) is 8.07 Å². The molecule has 0 aromatic heterocycles. The molecule has 0 fully saturated rings. The van der Waals surface area contributed by atoms with Gasteiger partial charge >= 0.3 is 0 Å². The summed E-state index contributed by atoms with van der Waals surface area (Å²) in [6, 6.07) is 22.0. The van der Waals surface area contributed by atoms with Gasteiger partial charge in [-0.3, -0.25) is 0 Å². The van der Waals surface area contributed by atoms with Crippen LogP contribution in [0.1, 0.15) is 89.4 Å². The average molecular weight is 418 g/mol. The topological polar surface area (TPSA) is 3.24 Å². The number of hydrogen-bond acceptors (Lipinski definition) is 1. The third kappa shape index (κ3) is 7.65. The zero-order valence-corrected chi connectivity index (χ0v) is 20.0. The maximum Gasteiger partial charge on any atom is 0.125 e. The molecule has 0 amide bonds. The van der Waals surface area contributed by atoms with Crippen LogP contribution in [0.2, 0.25) is 0 Å². The van der Waals surface area contributed by atoms with Crippen LogP contribution in [0.4, 0.5) is 0 Å². The first-order chi connectivity index (χ1) is 14.7. The fourth-order valence-corrected chi connectivity index (χ4v) is 5.16. The highest BCUT2D eigenvalue weighted by molar-refractivity contribution is 7.65. The minimum atomic E-state index is -0.872. The van der Waals surface area contributed by atoms with E-state index in [0.717, 1.165) is 25.7 Å². The molecule has 2 heteroatoms. The van der Waals surface area contributed by atoms with Crippen LogP contribution in [0.25, 0.3) is 0 Å². The maximum absolute atomic E-state index is 3.60. The number of unbranched alkanes of at least 4 members (excludes halogenated alkanes) is 4. The van der Waals surface area contributed by atoms with Crippen LogP contribution < -0.4 is 0 Å². The summed E-state index contributed by atoms with van der Waals surface area (Å²) in [7, 11) is -0.872. The fraction of sp³-hybridized carbons (Fsp3) is 0.429. The monoisotopic (exact) mass is 417 g/mol. The van der Waals surface area contributed by atoms with Crippen LogP contribution in [0.5, 0.6) is 0 Å². The van der Waals surface area contributed by atoms with Gasteiger partial charge in [0.2, 0.25) is 0 Å². The van der Waals surface area contributed by atoms with Gasteiger partial charge in [0, 0.05) is 24.9 Å². The summed E-state index contributed by atoms with van der Waals surface area (Å²) in [6.07, 6.45) is 6.58. The van der Waals surface area contributed by atoms with Crippen molar-refractivity contribution >= 4 is 8.07 Å². The van der Waals surface area contributed by atoms with Crippen LogP contribution >= 0.6 is 8.07 Å². The second kappa shape index (κ2) is 14.0. The highest BCUT2D eigenvalue weighted by Crippen LogP contribution is 2.50. The van der Waals surface area contributed by atoms with Crippen molar-refractivity contribution < 1.29 is 0 Å². The number of hydrogen-bond donors (Lipinski definition) is 0. The molecule has 2 atom stereocenters. The van der Waals surface area contributed by atoms with Crippen molar-refractivity contribution in [3.63, 3.8) is 0 Å². The van der Waals surface area contributed by atoms with Gasteiger partial charge in [0.25, 0.3) is 0 Å². The summed E-state index contributed by atoms with van der Waals surface area (Å²) < 4.78 is 2.55. The Morgan fingerprint density at radius 3 is 1.47 bits per heavy atom. The molecule has 0 heterocycles. The summed E-state index contributed by atoms with van der Waals surface area (Å²) in [5.41, 5.74) is 9.84. The van der Waals surface area contributed by atoms with Crippen molar-refractivity contribution in [2.24, 2.45) is 0 Å². The summed E-state index contributed by atoms with van der Waals surface area (Å²) in [6.45, 7) is 9.03. The Bertz CT molecular complexity index is 767. The third-order valence-corrected chi connectivity index (χ3v) is 7.16. The average Bonchev–Trinajstić information content (AvgIpc) is 2.80. The zero-order valence-electron chi connectivity index (χ0n) is 19.1. The normalized spacial score (nSPS) is 12.6. The Morgan fingerprint density at radius 2 is 1.10 bits per heavy atom. The van der Waals surface area contributed by atoms with Gasteiger partial charge in [-0.2, -0.15) is 0 Å². The third-order valence-electron chi connectivity index (χ3n) is 5.27. The van der Waals surface area contributed by atoms with Crippen molar-refractivity contribution in [3.8, 4) is 23.2 Å². The summed E-state index contributed by atoms with van der Waals surface area (Å²) in [4.78, 5) is 0. The van der Waals surface area contributed by atoms with Crippen molar-refractivity contribution in [3.05, 3.63) is 71.8 Å². The number of nitrogens with zero attached hydrogens (tertiary/aromatic N) is 1. The number of benzene rings is 2. The van der Waals surface area contributed by atoms with E-state index >= 15 is 0 Å². The Balaban J connectivity index is 2.43. The molecule has 0 N–H and O–H groups in total. The summed E-state index contributed by atoms with van der Waals surface area (Å²) in [5.74, 6) is 6.91. The molecule has 2 aromatic carbocycles. The Kier molecular flexibility index (Phi) is 11.3. The Morgan fingerprint density at radius 1 is 0.700 bits per heavy atom. The van der Waals surface area contributed by atoms with Crippen LogP contribution in [-0.4, -0.2) is 4.67 Å². The standard InChI is InChI=1S/C28H36NP/c1-5-7-9-17-23-30(24-18-10-8-6-2)29(25(3)27-19-13-11-14-20-27)26(4)28-21-15-12-16-22-28/h11-16,19-22,25-26H,5-10H2,1-4H3/t25-,26-/m0/s1. The number of rotatable bonds is 9. The maximum atomic E-state index is 3.60. The largest absolute Gasteiger partial charge is 0.248 e. The van der Waals surface area contributed by atoms with Crippen molar-refractivity contribution in [1.82, 2.24) is 4.67 Å². The van der Waals surface area contributed by atoms with Gasteiger partial charge < -0.3 is 0 Å². The lowest BCUT2D eigenvalue weighted by molar-refractivity contribution is 0.304. The first-order valence-electron chi connectivity index (χ1n) is 11.3. The van der Waals surface area contributed by atoms with Gasteiger partial charge in [-0.1, -0.05) is 99.2 Å². The summed E-state index contributed by atoms with van der Waals surface area (Å²) >= 11 is 0. The van der Waals surface area contributed by atoms with E-state index in [1.54, 1.807) is 0 Å². The van der Waals surface area contributed by atoms with Crippen LogP contribution in [-0.2, 0) is 0 Å². The zero-order chi connectivity index (χ0) is 21.6. The van der Waals surface area contributed by atoms with Gasteiger partial charge in [0.15, 0.2) is 0 Å². The lowest BCUT2D eigenvalue weighted by Gasteiger charge is -2.36. The molecule has 0 aliphatic rings. The predicted octanol–water partition coefficient (Wildman–Crippen LogP) is 8.51. The Hall–Kier alpha value is -2.05. The molecule has 2 aromatic rings. The van der Waals surface area contributed by atoms with Crippen LogP contribution in [0.3, 0.4) is 0 Å². The Labute approximate surface area is 186 Å². The van der Waals surface area contributed by atoms with E-state index in [0.29, 0.717) is 0 Å². The van der Waals surface area contributed by atoms with Crippen LogP contribution in [0, 0.1) is 23.2 Å². The van der Waals surface area contributed by atoms with E-state index in [2.05, 4.69) is 116 Å². The lowest BCUT2D eigenvalue weighted by Crippen LogP contribution is -2.25. The van der Waals surface area contributed by atoms with E-state index in [9.17, 15) is 0 Å². The van der Waals surface area contributed by atoms with E-state index < -0.39 is 8.07 Å². The molecule has 0 saturated carbocycles. The molecule has 0 bridgehead atoms. The van der Waals surface area contributed by atoms with Crippen LogP contribution in [0.15, 0.2) is 60.7 Å². The van der Waals surface area contributed by atoms with E-state index in [1.165, 1.54) is 24.0 Å². The first-order valence-corrected chi connectivity index (χ1v) is 12.6. The molecule has 0 radical (unpaired) electrons. The van der Waals surface area contributed by atoms with Crippen molar-refractivity contribution in [1.29, 1.82) is 0 Å². The predicted molar refractivity (Wildman–Crippen MR) is 133 cm³/mol. The smallest absolute Gasteiger partial charge is 0.125 e. The van der Waals surface area contributed by atoms with E-state index in [-0.39, 0.29) is 12.1 Å². The minimum Gasteiger partial charge on any atom is -0.248 e. The fourth-order valence-electron chi connectivity index (χ4n) is 3.39. The molecule has 0 unspecified atom stereocenters. The molecular weight excluding hydrogens is 381 g/mol. The van der Waals surface area contributed by atoms with Gasteiger partial charge in [0.05, 0.1) is 0 Å². The molecule has 158 valence electrons. The molecule has 1 nitrogen and oxygen atoms in total. The van der Waals surface area contributed by atoms with Crippen molar-refractivity contribution in [2.45, 2.75) is 78.3 Å². The second-order valence-electron chi connectivity index (χ2n) is 7.65. The van der Waals surface area contributed by atoms with Gasteiger partial charge in [-0.05, 0) is 49.1 Å². The highest BCUT2D eigenvalue weighted by atomic mass is 31.1. The van der Waals surface area contributed by atoms with Gasteiger partial charge in [-0.25, -0.2) is 4.67 Å². The molecule has 0 spiro atoms. The first kappa shape index (κ1) is 24.2. The van der Waals surface area contributed by atoms with E-state index in [4.69, 9.17) is 0 Å². The molecule has 2 rings (SSSR count). The van der Waals surface area contributed by atoms with Crippen molar-refractivity contribution in [2.75, 3.05) is 0 Å². The summed E-state index contributed by atoms with van der Waals surface area (Å²) in [5, 5.41) is 0.